The lowest BCUT2D eigenvalue weighted by atomic mass is 9.93. The van der Waals surface area contributed by atoms with Gasteiger partial charge in [-0.15, -0.1) is 0 Å². The predicted molar refractivity (Wildman–Crippen MR) is 76.7 cm³/mol. The van der Waals surface area contributed by atoms with Gasteiger partial charge in [0.15, 0.2) is 0 Å². The summed E-state index contributed by atoms with van der Waals surface area (Å²) in [5, 5.41) is 0.500. The molecule has 1 saturated heterocycles. The van der Waals surface area contributed by atoms with Crippen molar-refractivity contribution in [3.63, 3.8) is 0 Å². The number of halogens is 1. The van der Waals surface area contributed by atoms with Crippen LogP contribution in [-0.4, -0.2) is 47.6 Å². The van der Waals surface area contributed by atoms with Gasteiger partial charge in [-0.05, 0) is 31.7 Å². The van der Waals surface area contributed by atoms with Crippen molar-refractivity contribution in [2.75, 3.05) is 26.8 Å². The molecule has 0 spiro atoms. The number of hydrogen-bond acceptors (Lipinski definition) is 4. The number of carbonyl (C=O) groups excluding carboxylic acids is 1. The number of rotatable bonds is 4. The molecular weight excluding hydrogens is 278 g/mol. The van der Waals surface area contributed by atoms with Gasteiger partial charge in [-0.3, -0.25) is 4.79 Å². The van der Waals surface area contributed by atoms with Crippen molar-refractivity contribution in [2.45, 2.75) is 26.2 Å². The largest absolute Gasteiger partial charge is 0.375 e. The molecule has 5 nitrogen and oxygen atoms in total. The second-order valence-electron chi connectivity index (χ2n) is 5.21. The van der Waals surface area contributed by atoms with Crippen LogP contribution < -0.4 is 0 Å². The minimum atomic E-state index is 0.0702. The van der Waals surface area contributed by atoms with E-state index in [1.807, 2.05) is 11.8 Å². The van der Waals surface area contributed by atoms with Crippen molar-refractivity contribution in [1.82, 2.24) is 14.9 Å². The van der Waals surface area contributed by atoms with Gasteiger partial charge in [-0.2, -0.15) is 0 Å². The fourth-order valence-electron chi connectivity index (χ4n) is 2.54. The standard InChI is InChI=1S/C14H20ClN3O2/c1-10-7-12(15)17-13(16-10)8-11-3-5-18(6-4-11)14(19)9-20-2/h7,11H,3-6,8-9H2,1-2H3. The zero-order valence-corrected chi connectivity index (χ0v) is 12.7. The molecule has 0 saturated carbocycles. The Kier molecular flexibility index (Phi) is 5.31. The summed E-state index contributed by atoms with van der Waals surface area (Å²) in [6, 6.07) is 1.76. The van der Waals surface area contributed by atoms with Gasteiger partial charge in [-0.1, -0.05) is 11.6 Å². The smallest absolute Gasteiger partial charge is 0.248 e. The summed E-state index contributed by atoms with van der Waals surface area (Å²) >= 11 is 5.95. The van der Waals surface area contributed by atoms with Gasteiger partial charge in [0.25, 0.3) is 0 Å². The molecule has 1 aromatic rings. The lowest BCUT2D eigenvalue weighted by Gasteiger charge is -2.31. The predicted octanol–water partition coefficient (Wildman–Crippen LogP) is 1.87. The van der Waals surface area contributed by atoms with Crippen LogP contribution >= 0.6 is 11.6 Å². The van der Waals surface area contributed by atoms with Crippen LogP contribution in [0.3, 0.4) is 0 Å². The normalized spacial score (nSPS) is 16.4. The van der Waals surface area contributed by atoms with Gasteiger partial charge in [0.05, 0.1) is 0 Å². The third kappa shape index (κ3) is 4.15. The summed E-state index contributed by atoms with van der Waals surface area (Å²) in [6.45, 7) is 3.66. The van der Waals surface area contributed by atoms with E-state index < -0.39 is 0 Å². The lowest BCUT2D eigenvalue weighted by Crippen LogP contribution is -2.40. The minimum absolute atomic E-state index is 0.0702. The summed E-state index contributed by atoms with van der Waals surface area (Å²) in [6.07, 6.45) is 2.78. The fraction of sp³-hybridized carbons (Fsp3) is 0.643. The Balaban J connectivity index is 1.86. The van der Waals surface area contributed by atoms with E-state index in [-0.39, 0.29) is 12.5 Å². The number of amides is 1. The van der Waals surface area contributed by atoms with Crippen LogP contribution in [-0.2, 0) is 16.0 Å². The first-order valence-corrected chi connectivity index (χ1v) is 7.23. The zero-order chi connectivity index (χ0) is 14.5. The third-order valence-corrected chi connectivity index (χ3v) is 3.77. The highest BCUT2D eigenvalue weighted by atomic mass is 35.5. The summed E-state index contributed by atoms with van der Waals surface area (Å²) < 4.78 is 4.88. The van der Waals surface area contributed by atoms with E-state index in [0.717, 1.165) is 43.9 Å². The molecule has 110 valence electrons. The second-order valence-corrected chi connectivity index (χ2v) is 5.60. The lowest BCUT2D eigenvalue weighted by molar-refractivity contribution is -0.136. The van der Waals surface area contributed by atoms with Crippen molar-refractivity contribution in [3.05, 3.63) is 22.7 Å². The quantitative estimate of drug-likeness (QED) is 0.796. The van der Waals surface area contributed by atoms with Gasteiger partial charge in [0.2, 0.25) is 5.91 Å². The van der Waals surface area contributed by atoms with Crippen LogP contribution in [0.4, 0.5) is 0 Å². The Morgan fingerprint density at radius 2 is 2.15 bits per heavy atom. The first-order chi connectivity index (χ1) is 9.58. The van der Waals surface area contributed by atoms with Gasteiger partial charge >= 0.3 is 0 Å². The van der Waals surface area contributed by atoms with Gasteiger partial charge in [0, 0.05) is 32.3 Å². The maximum atomic E-state index is 11.7. The number of piperidine rings is 1. The summed E-state index contributed by atoms with van der Waals surface area (Å²) in [5.74, 6) is 1.39. The number of nitrogens with zero attached hydrogens (tertiary/aromatic N) is 3. The first-order valence-electron chi connectivity index (χ1n) is 6.85. The van der Waals surface area contributed by atoms with Gasteiger partial charge in [0.1, 0.15) is 17.6 Å². The SMILES string of the molecule is COCC(=O)N1CCC(Cc2nc(C)cc(Cl)n2)CC1. The molecule has 0 atom stereocenters. The summed E-state index contributed by atoms with van der Waals surface area (Å²) in [7, 11) is 1.55. The van der Waals surface area contributed by atoms with Gasteiger partial charge in [-0.25, -0.2) is 9.97 Å². The van der Waals surface area contributed by atoms with E-state index in [0.29, 0.717) is 11.1 Å². The van der Waals surface area contributed by atoms with Gasteiger partial charge < -0.3 is 9.64 Å². The molecule has 2 rings (SSSR count). The maximum Gasteiger partial charge on any atom is 0.248 e. The van der Waals surface area contributed by atoms with Crippen molar-refractivity contribution in [3.8, 4) is 0 Å². The molecule has 1 amide bonds. The fourth-order valence-corrected chi connectivity index (χ4v) is 2.79. The third-order valence-electron chi connectivity index (χ3n) is 3.58. The highest BCUT2D eigenvalue weighted by molar-refractivity contribution is 6.29. The van der Waals surface area contributed by atoms with E-state index >= 15 is 0 Å². The number of hydrogen-bond donors (Lipinski definition) is 0. The van der Waals surface area contributed by atoms with E-state index in [4.69, 9.17) is 16.3 Å². The zero-order valence-electron chi connectivity index (χ0n) is 11.9. The molecule has 0 unspecified atom stereocenters. The molecule has 0 bridgehead atoms. The van der Waals surface area contributed by atoms with Crippen molar-refractivity contribution >= 4 is 17.5 Å². The molecule has 2 heterocycles. The highest BCUT2D eigenvalue weighted by Crippen LogP contribution is 2.21. The number of aromatic nitrogens is 2. The molecule has 0 aliphatic carbocycles. The Morgan fingerprint density at radius 1 is 1.45 bits per heavy atom. The Labute approximate surface area is 124 Å². The number of aryl methyl sites for hydroxylation is 1. The monoisotopic (exact) mass is 297 g/mol. The van der Waals surface area contributed by atoms with Crippen LogP contribution in [0.5, 0.6) is 0 Å². The van der Waals surface area contributed by atoms with E-state index in [2.05, 4.69) is 9.97 Å². The average molecular weight is 298 g/mol. The molecule has 20 heavy (non-hydrogen) atoms. The van der Waals surface area contributed by atoms with Crippen molar-refractivity contribution < 1.29 is 9.53 Å². The molecule has 0 radical (unpaired) electrons. The number of carbonyl (C=O) groups is 1. The van der Waals surface area contributed by atoms with Crippen LogP contribution in [0.25, 0.3) is 0 Å². The summed E-state index contributed by atoms with van der Waals surface area (Å²) in [4.78, 5) is 22.3. The van der Waals surface area contributed by atoms with Crippen LogP contribution in [0.2, 0.25) is 5.15 Å². The number of ether oxygens (including phenoxy) is 1. The molecule has 0 N–H and O–H groups in total. The minimum Gasteiger partial charge on any atom is -0.375 e. The Bertz CT molecular complexity index is 453. The molecule has 1 aliphatic heterocycles. The molecule has 0 aromatic carbocycles. The number of methoxy groups -OCH3 is 1. The van der Waals surface area contributed by atoms with Crippen molar-refractivity contribution in [2.24, 2.45) is 5.92 Å². The molecule has 1 fully saturated rings. The van der Waals surface area contributed by atoms with E-state index in [9.17, 15) is 4.79 Å². The number of likely N-dealkylation sites (tertiary alicyclic amines) is 1. The first kappa shape index (κ1) is 15.2. The van der Waals surface area contributed by atoms with Crippen LogP contribution in [0.15, 0.2) is 6.07 Å². The average Bonchev–Trinajstić information content (AvgIpc) is 2.38. The maximum absolute atomic E-state index is 11.7. The molecule has 1 aromatic heterocycles. The molecule has 6 heteroatoms. The van der Waals surface area contributed by atoms with E-state index in [1.165, 1.54) is 0 Å². The van der Waals surface area contributed by atoms with Crippen LogP contribution in [0.1, 0.15) is 24.4 Å². The molecular formula is C14H20ClN3O2. The van der Waals surface area contributed by atoms with Crippen molar-refractivity contribution in [1.29, 1.82) is 0 Å². The Morgan fingerprint density at radius 3 is 2.75 bits per heavy atom. The Hall–Kier alpha value is -1.20. The molecule has 1 aliphatic rings. The summed E-state index contributed by atoms with van der Waals surface area (Å²) in [5.41, 5.74) is 0.896. The highest BCUT2D eigenvalue weighted by Gasteiger charge is 2.23. The topological polar surface area (TPSA) is 55.3 Å². The van der Waals surface area contributed by atoms with Crippen LogP contribution in [0, 0.1) is 12.8 Å². The second kappa shape index (κ2) is 6.99. The van der Waals surface area contributed by atoms with E-state index in [1.54, 1.807) is 13.2 Å².